The highest BCUT2D eigenvalue weighted by Crippen LogP contribution is 2.19. The summed E-state index contributed by atoms with van der Waals surface area (Å²) in [5.74, 6) is -0.841. The fourth-order valence-corrected chi connectivity index (χ4v) is 2.96. The number of nitrogens with one attached hydrogen (secondary N) is 2. The van der Waals surface area contributed by atoms with E-state index in [1.54, 1.807) is 29.2 Å². The molecule has 1 atom stereocenters. The molecule has 0 bridgehead atoms. The standard InChI is InChI=1S/C16H20BrN3O3/c1-10(2)8-20-9-11(7-14(20)21)15(22)18-19-16(23)12-5-3-4-6-13(12)17/h3-6,10-11H,7-9H2,1-2H3,(H,18,22)(H,19,23). The van der Waals surface area contributed by atoms with Crippen molar-refractivity contribution < 1.29 is 14.4 Å². The molecule has 23 heavy (non-hydrogen) atoms. The van der Waals surface area contributed by atoms with Gasteiger partial charge in [-0.2, -0.15) is 0 Å². The highest BCUT2D eigenvalue weighted by atomic mass is 79.9. The molecule has 7 heteroatoms. The lowest BCUT2D eigenvalue weighted by Crippen LogP contribution is -2.45. The molecule has 3 amide bonds. The predicted molar refractivity (Wildman–Crippen MR) is 89.3 cm³/mol. The average molecular weight is 382 g/mol. The summed E-state index contributed by atoms with van der Waals surface area (Å²) >= 11 is 3.28. The van der Waals surface area contributed by atoms with Gasteiger partial charge in [-0.15, -0.1) is 0 Å². The molecule has 1 aromatic rings. The quantitative estimate of drug-likeness (QED) is 0.779. The van der Waals surface area contributed by atoms with Crippen LogP contribution in [0.1, 0.15) is 30.6 Å². The summed E-state index contributed by atoms with van der Waals surface area (Å²) in [5, 5.41) is 0. The van der Waals surface area contributed by atoms with Crippen LogP contribution in [-0.4, -0.2) is 35.7 Å². The summed E-state index contributed by atoms with van der Waals surface area (Å²) in [5.41, 5.74) is 5.22. The third-order valence-corrected chi connectivity index (χ3v) is 4.28. The molecule has 1 aromatic carbocycles. The highest BCUT2D eigenvalue weighted by Gasteiger charge is 2.34. The van der Waals surface area contributed by atoms with Crippen molar-refractivity contribution in [3.8, 4) is 0 Å². The summed E-state index contributed by atoms with van der Waals surface area (Å²) in [6.07, 6.45) is 0.184. The second-order valence-electron chi connectivity index (χ2n) is 6.02. The van der Waals surface area contributed by atoms with Gasteiger partial charge in [0.05, 0.1) is 11.5 Å². The molecule has 1 fully saturated rings. The smallest absolute Gasteiger partial charge is 0.270 e. The first-order valence-electron chi connectivity index (χ1n) is 7.51. The van der Waals surface area contributed by atoms with E-state index in [0.717, 1.165) is 0 Å². The van der Waals surface area contributed by atoms with Crippen molar-refractivity contribution in [1.29, 1.82) is 0 Å². The number of benzene rings is 1. The molecule has 0 spiro atoms. The third-order valence-electron chi connectivity index (χ3n) is 3.59. The van der Waals surface area contributed by atoms with E-state index in [0.29, 0.717) is 29.0 Å². The van der Waals surface area contributed by atoms with Crippen LogP contribution in [0.3, 0.4) is 0 Å². The molecule has 1 saturated heterocycles. The average Bonchev–Trinajstić information content (AvgIpc) is 2.85. The molecule has 2 N–H and O–H groups in total. The topological polar surface area (TPSA) is 78.5 Å². The zero-order chi connectivity index (χ0) is 17.0. The van der Waals surface area contributed by atoms with E-state index >= 15 is 0 Å². The van der Waals surface area contributed by atoms with Crippen LogP contribution >= 0.6 is 15.9 Å². The molecular weight excluding hydrogens is 362 g/mol. The second-order valence-corrected chi connectivity index (χ2v) is 6.87. The summed E-state index contributed by atoms with van der Waals surface area (Å²) < 4.78 is 0.644. The van der Waals surface area contributed by atoms with Gasteiger partial charge in [0.15, 0.2) is 0 Å². The van der Waals surface area contributed by atoms with Crippen LogP contribution in [0.2, 0.25) is 0 Å². The van der Waals surface area contributed by atoms with Crippen molar-refractivity contribution in [2.45, 2.75) is 20.3 Å². The Balaban J connectivity index is 1.87. The summed E-state index contributed by atoms with van der Waals surface area (Å²) in [6, 6.07) is 6.93. The van der Waals surface area contributed by atoms with E-state index in [1.807, 2.05) is 13.8 Å². The molecular formula is C16H20BrN3O3. The van der Waals surface area contributed by atoms with E-state index < -0.39 is 11.8 Å². The monoisotopic (exact) mass is 381 g/mol. The van der Waals surface area contributed by atoms with Crippen LogP contribution in [0, 0.1) is 11.8 Å². The van der Waals surface area contributed by atoms with Crippen LogP contribution in [0.25, 0.3) is 0 Å². The summed E-state index contributed by atoms with van der Waals surface area (Å²) in [6.45, 7) is 5.09. The number of carbonyl (C=O) groups is 3. The number of halogens is 1. The Morgan fingerprint density at radius 1 is 1.30 bits per heavy atom. The molecule has 0 aromatic heterocycles. The van der Waals surface area contributed by atoms with Gasteiger partial charge in [0.25, 0.3) is 5.91 Å². The maximum Gasteiger partial charge on any atom is 0.270 e. The molecule has 1 unspecified atom stereocenters. The number of hydrogen-bond donors (Lipinski definition) is 2. The molecule has 1 heterocycles. The van der Waals surface area contributed by atoms with E-state index in [2.05, 4.69) is 26.8 Å². The van der Waals surface area contributed by atoms with Gasteiger partial charge >= 0.3 is 0 Å². The van der Waals surface area contributed by atoms with Gasteiger partial charge in [-0.3, -0.25) is 25.2 Å². The van der Waals surface area contributed by atoms with Crippen molar-refractivity contribution in [3.05, 3.63) is 34.3 Å². The number of carbonyl (C=O) groups excluding carboxylic acids is 3. The fourth-order valence-electron chi connectivity index (χ4n) is 2.50. The molecule has 1 aliphatic rings. The van der Waals surface area contributed by atoms with Crippen molar-refractivity contribution in [3.63, 3.8) is 0 Å². The molecule has 124 valence electrons. The first kappa shape index (κ1) is 17.5. The zero-order valence-corrected chi connectivity index (χ0v) is 14.7. The molecule has 0 aliphatic carbocycles. The Morgan fingerprint density at radius 2 is 2.00 bits per heavy atom. The highest BCUT2D eigenvalue weighted by molar-refractivity contribution is 9.10. The third kappa shape index (κ3) is 4.54. The number of amides is 3. The Kier molecular flexibility index (Phi) is 5.76. The van der Waals surface area contributed by atoms with Gasteiger partial charge in [-0.1, -0.05) is 26.0 Å². The van der Waals surface area contributed by atoms with Gasteiger partial charge in [0, 0.05) is 24.0 Å². The SMILES string of the molecule is CC(C)CN1CC(C(=O)NNC(=O)c2ccccc2Br)CC1=O. The van der Waals surface area contributed by atoms with Crippen molar-refractivity contribution >= 4 is 33.7 Å². The molecule has 0 radical (unpaired) electrons. The Morgan fingerprint density at radius 3 is 2.65 bits per heavy atom. The van der Waals surface area contributed by atoms with Crippen LogP contribution < -0.4 is 10.9 Å². The van der Waals surface area contributed by atoms with E-state index in [4.69, 9.17) is 0 Å². The Labute approximate surface area is 143 Å². The van der Waals surface area contributed by atoms with Gasteiger partial charge < -0.3 is 4.90 Å². The lowest BCUT2D eigenvalue weighted by Gasteiger charge is -2.18. The largest absolute Gasteiger partial charge is 0.342 e. The van der Waals surface area contributed by atoms with Gasteiger partial charge in [-0.05, 0) is 34.0 Å². The van der Waals surface area contributed by atoms with Gasteiger partial charge in [0.2, 0.25) is 11.8 Å². The lowest BCUT2D eigenvalue weighted by molar-refractivity contribution is -0.129. The minimum atomic E-state index is -0.430. The van der Waals surface area contributed by atoms with Crippen LogP contribution in [-0.2, 0) is 9.59 Å². The van der Waals surface area contributed by atoms with E-state index in [-0.39, 0.29) is 18.2 Å². The number of likely N-dealkylation sites (tertiary alicyclic amines) is 1. The summed E-state index contributed by atoms with van der Waals surface area (Å²) in [4.78, 5) is 37.7. The first-order chi connectivity index (χ1) is 10.9. The number of hydrazine groups is 1. The predicted octanol–water partition coefficient (Wildman–Crippen LogP) is 1.71. The molecule has 1 aliphatic heterocycles. The van der Waals surface area contributed by atoms with Crippen molar-refractivity contribution in [2.24, 2.45) is 11.8 Å². The fraction of sp³-hybridized carbons (Fsp3) is 0.438. The van der Waals surface area contributed by atoms with Gasteiger partial charge in [-0.25, -0.2) is 0 Å². The van der Waals surface area contributed by atoms with E-state index in [1.165, 1.54) is 0 Å². The normalized spacial score (nSPS) is 17.5. The van der Waals surface area contributed by atoms with Crippen molar-refractivity contribution in [1.82, 2.24) is 15.8 Å². The van der Waals surface area contributed by atoms with Gasteiger partial charge in [0.1, 0.15) is 0 Å². The minimum absolute atomic E-state index is 0.0176. The summed E-state index contributed by atoms with van der Waals surface area (Å²) in [7, 11) is 0. The molecule has 6 nitrogen and oxygen atoms in total. The molecule has 2 rings (SSSR count). The minimum Gasteiger partial charge on any atom is -0.342 e. The number of hydrogen-bond acceptors (Lipinski definition) is 3. The van der Waals surface area contributed by atoms with Crippen LogP contribution in [0.4, 0.5) is 0 Å². The lowest BCUT2D eigenvalue weighted by atomic mass is 10.1. The number of rotatable bonds is 4. The Bertz CT molecular complexity index is 618. The van der Waals surface area contributed by atoms with Crippen LogP contribution in [0.15, 0.2) is 28.7 Å². The van der Waals surface area contributed by atoms with Crippen molar-refractivity contribution in [2.75, 3.05) is 13.1 Å². The Hall–Kier alpha value is -1.89. The maximum atomic E-state index is 12.1. The zero-order valence-electron chi connectivity index (χ0n) is 13.1. The molecule has 0 saturated carbocycles. The second kappa shape index (κ2) is 7.59. The van der Waals surface area contributed by atoms with E-state index in [9.17, 15) is 14.4 Å². The first-order valence-corrected chi connectivity index (χ1v) is 8.30. The van der Waals surface area contributed by atoms with Crippen LogP contribution in [0.5, 0.6) is 0 Å². The maximum absolute atomic E-state index is 12.1. The number of nitrogens with zero attached hydrogens (tertiary/aromatic N) is 1.